The van der Waals surface area contributed by atoms with Crippen molar-refractivity contribution in [2.24, 2.45) is 0 Å². The molecule has 0 unspecified atom stereocenters. The molecule has 8 nitrogen and oxygen atoms in total. The van der Waals surface area contributed by atoms with Crippen LogP contribution in [0.5, 0.6) is 5.75 Å². The summed E-state index contributed by atoms with van der Waals surface area (Å²) in [5.74, 6) is 0.124. The predicted octanol–water partition coefficient (Wildman–Crippen LogP) is 2.19. The molecule has 132 valence electrons. The van der Waals surface area contributed by atoms with E-state index in [1.807, 2.05) is 13.0 Å². The van der Waals surface area contributed by atoms with Crippen LogP contribution in [0.15, 0.2) is 24.4 Å². The standard InChI is InChI=1S/C17H20N4O4/c1-3-24-17(23)25-14-9-19-21(15(14)18)13-8-11(5-4-10(13)2)16(22)20-12-6-7-12/h4-5,8-9,12H,3,6-7,18H2,1-2H3,(H,20,22). The minimum absolute atomic E-state index is 0.102. The average Bonchev–Trinajstić information content (AvgIpc) is 3.32. The van der Waals surface area contributed by atoms with Crippen LogP contribution in [0.1, 0.15) is 35.7 Å². The van der Waals surface area contributed by atoms with Crippen molar-refractivity contribution < 1.29 is 19.1 Å². The van der Waals surface area contributed by atoms with E-state index in [4.69, 9.17) is 15.2 Å². The quantitative estimate of drug-likeness (QED) is 0.805. The number of amides is 1. The molecule has 3 N–H and O–H groups in total. The predicted molar refractivity (Wildman–Crippen MR) is 90.9 cm³/mol. The number of ether oxygens (including phenoxy) is 2. The monoisotopic (exact) mass is 344 g/mol. The van der Waals surface area contributed by atoms with Gasteiger partial charge in [-0.3, -0.25) is 4.79 Å². The van der Waals surface area contributed by atoms with Crippen molar-refractivity contribution in [3.8, 4) is 11.4 Å². The van der Waals surface area contributed by atoms with Crippen molar-refractivity contribution in [2.45, 2.75) is 32.7 Å². The molecule has 3 rings (SSSR count). The molecular formula is C17H20N4O4. The minimum atomic E-state index is -0.844. The molecule has 1 aliphatic carbocycles. The smallest absolute Gasteiger partial charge is 0.434 e. The van der Waals surface area contributed by atoms with Crippen LogP contribution in [0, 0.1) is 6.92 Å². The lowest BCUT2D eigenvalue weighted by Gasteiger charge is -2.11. The average molecular weight is 344 g/mol. The molecule has 1 aromatic carbocycles. The van der Waals surface area contributed by atoms with Crippen LogP contribution >= 0.6 is 0 Å². The fraction of sp³-hybridized carbons (Fsp3) is 0.353. The van der Waals surface area contributed by atoms with Gasteiger partial charge in [0, 0.05) is 11.6 Å². The lowest BCUT2D eigenvalue weighted by molar-refractivity contribution is 0.0950. The Labute approximate surface area is 144 Å². The van der Waals surface area contributed by atoms with E-state index in [2.05, 4.69) is 10.4 Å². The van der Waals surface area contributed by atoms with Gasteiger partial charge in [0.05, 0.1) is 18.5 Å². The van der Waals surface area contributed by atoms with Gasteiger partial charge in [0.15, 0.2) is 11.6 Å². The largest absolute Gasteiger partial charge is 0.514 e. The normalized spacial score (nSPS) is 13.4. The van der Waals surface area contributed by atoms with Crippen molar-refractivity contribution in [3.63, 3.8) is 0 Å². The van der Waals surface area contributed by atoms with Gasteiger partial charge in [-0.2, -0.15) is 5.10 Å². The Morgan fingerprint density at radius 2 is 2.16 bits per heavy atom. The number of carbonyl (C=O) groups excluding carboxylic acids is 2. The molecule has 0 bridgehead atoms. The first-order valence-electron chi connectivity index (χ1n) is 8.09. The topological polar surface area (TPSA) is 108 Å². The van der Waals surface area contributed by atoms with Crippen LogP contribution < -0.4 is 15.8 Å². The van der Waals surface area contributed by atoms with Crippen LogP contribution in [0.2, 0.25) is 0 Å². The van der Waals surface area contributed by atoms with Gasteiger partial charge in [-0.25, -0.2) is 9.48 Å². The second-order valence-electron chi connectivity index (χ2n) is 5.84. The molecule has 0 aliphatic heterocycles. The summed E-state index contributed by atoms with van der Waals surface area (Å²) in [5, 5.41) is 7.10. The minimum Gasteiger partial charge on any atom is -0.434 e. The number of anilines is 1. The van der Waals surface area contributed by atoms with E-state index in [-0.39, 0.29) is 30.1 Å². The molecule has 0 atom stereocenters. The zero-order chi connectivity index (χ0) is 18.0. The fourth-order valence-corrected chi connectivity index (χ4v) is 2.33. The Hall–Kier alpha value is -3.03. The van der Waals surface area contributed by atoms with Crippen molar-refractivity contribution in [1.29, 1.82) is 0 Å². The second-order valence-corrected chi connectivity index (χ2v) is 5.84. The summed E-state index contributed by atoms with van der Waals surface area (Å²) in [5.41, 5.74) is 8.07. The zero-order valence-electron chi connectivity index (χ0n) is 14.1. The summed E-state index contributed by atoms with van der Waals surface area (Å²) < 4.78 is 11.2. The molecule has 1 aliphatic rings. The number of benzene rings is 1. The first-order chi connectivity index (χ1) is 12.0. The number of hydrogen-bond acceptors (Lipinski definition) is 6. The Kier molecular flexibility index (Phi) is 4.60. The van der Waals surface area contributed by atoms with Crippen molar-refractivity contribution in [1.82, 2.24) is 15.1 Å². The highest BCUT2D eigenvalue weighted by Gasteiger charge is 2.24. The lowest BCUT2D eigenvalue weighted by Crippen LogP contribution is -2.25. The van der Waals surface area contributed by atoms with E-state index in [0.29, 0.717) is 11.3 Å². The number of nitrogen functional groups attached to an aromatic ring is 1. The third kappa shape index (κ3) is 3.73. The maximum Gasteiger partial charge on any atom is 0.514 e. The van der Waals surface area contributed by atoms with Gasteiger partial charge in [-0.05, 0) is 44.4 Å². The van der Waals surface area contributed by atoms with Gasteiger partial charge in [0.25, 0.3) is 5.91 Å². The first-order valence-corrected chi connectivity index (χ1v) is 8.09. The Morgan fingerprint density at radius 3 is 2.84 bits per heavy atom. The molecule has 1 heterocycles. The van der Waals surface area contributed by atoms with Crippen LogP contribution in [0.4, 0.5) is 10.6 Å². The molecule has 0 saturated heterocycles. The summed E-state index contributed by atoms with van der Waals surface area (Å²) in [7, 11) is 0. The van der Waals surface area contributed by atoms with E-state index in [0.717, 1.165) is 18.4 Å². The summed E-state index contributed by atoms with van der Waals surface area (Å²) in [6.07, 6.45) is 2.53. The van der Waals surface area contributed by atoms with Crippen LogP contribution in [-0.4, -0.2) is 34.5 Å². The zero-order valence-corrected chi connectivity index (χ0v) is 14.1. The van der Waals surface area contributed by atoms with E-state index < -0.39 is 6.16 Å². The maximum absolute atomic E-state index is 12.2. The van der Waals surface area contributed by atoms with Gasteiger partial charge in [0.1, 0.15) is 0 Å². The Bertz CT molecular complexity index is 811. The van der Waals surface area contributed by atoms with Crippen LogP contribution in [-0.2, 0) is 4.74 Å². The fourth-order valence-electron chi connectivity index (χ4n) is 2.33. The summed E-state index contributed by atoms with van der Waals surface area (Å²) in [6, 6.07) is 5.57. The molecule has 1 amide bonds. The number of rotatable bonds is 5. The van der Waals surface area contributed by atoms with Gasteiger partial charge >= 0.3 is 6.16 Å². The first kappa shape index (κ1) is 16.8. The summed E-state index contributed by atoms with van der Waals surface area (Å²) in [4.78, 5) is 23.7. The number of nitrogens with zero attached hydrogens (tertiary/aromatic N) is 2. The molecule has 0 radical (unpaired) electrons. The number of hydrogen-bond donors (Lipinski definition) is 2. The highest BCUT2D eigenvalue weighted by atomic mass is 16.7. The van der Waals surface area contributed by atoms with Gasteiger partial charge < -0.3 is 20.5 Å². The molecule has 1 fully saturated rings. The van der Waals surface area contributed by atoms with Crippen LogP contribution in [0.25, 0.3) is 5.69 Å². The number of nitrogens with one attached hydrogen (secondary N) is 1. The van der Waals surface area contributed by atoms with Crippen molar-refractivity contribution in [2.75, 3.05) is 12.3 Å². The van der Waals surface area contributed by atoms with E-state index in [1.165, 1.54) is 10.9 Å². The molecule has 2 aromatic rings. The molecule has 0 spiro atoms. The number of aromatic nitrogens is 2. The number of nitrogens with two attached hydrogens (primary N) is 1. The molecule has 1 aromatic heterocycles. The van der Waals surface area contributed by atoms with Gasteiger partial charge in [0.2, 0.25) is 0 Å². The molecular weight excluding hydrogens is 324 g/mol. The molecule has 1 saturated carbocycles. The summed E-state index contributed by atoms with van der Waals surface area (Å²) in [6.45, 7) is 3.75. The molecule has 25 heavy (non-hydrogen) atoms. The maximum atomic E-state index is 12.2. The van der Waals surface area contributed by atoms with Crippen molar-refractivity contribution in [3.05, 3.63) is 35.5 Å². The van der Waals surface area contributed by atoms with E-state index in [1.54, 1.807) is 19.1 Å². The molecule has 8 heteroatoms. The summed E-state index contributed by atoms with van der Waals surface area (Å²) >= 11 is 0. The van der Waals surface area contributed by atoms with Gasteiger partial charge in [-0.1, -0.05) is 6.07 Å². The van der Waals surface area contributed by atoms with E-state index >= 15 is 0 Å². The number of carbonyl (C=O) groups is 2. The third-order valence-electron chi connectivity index (χ3n) is 3.84. The highest BCUT2D eigenvalue weighted by Crippen LogP contribution is 2.27. The Balaban J connectivity index is 1.86. The van der Waals surface area contributed by atoms with Gasteiger partial charge in [-0.15, -0.1) is 0 Å². The van der Waals surface area contributed by atoms with Crippen LogP contribution in [0.3, 0.4) is 0 Å². The third-order valence-corrected chi connectivity index (χ3v) is 3.84. The number of aryl methyl sites for hydroxylation is 1. The lowest BCUT2D eigenvalue weighted by atomic mass is 10.1. The van der Waals surface area contributed by atoms with Crippen molar-refractivity contribution >= 4 is 17.9 Å². The Morgan fingerprint density at radius 1 is 1.40 bits per heavy atom. The SMILES string of the molecule is CCOC(=O)Oc1cnn(-c2cc(C(=O)NC3CC3)ccc2C)c1N. The van der Waals surface area contributed by atoms with E-state index in [9.17, 15) is 9.59 Å². The highest BCUT2D eigenvalue weighted by molar-refractivity contribution is 5.95. The second kappa shape index (κ2) is 6.84.